The normalized spacial score (nSPS) is 12.2. The van der Waals surface area contributed by atoms with Gasteiger partial charge in [0.15, 0.2) is 6.10 Å². The summed E-state index contributed by atoms with van der Waals surface area (Å²) < 4.78 is 29.9. The van der Waals surface area contributed by atoms with Crippen LogP contribution in [0.4, 0.5) is 5.69 Å². The van der Waals surface area contributed by atoms with Crippen molar-refractivity contribution in [1.29, 1.82) is 0 Å². The topological polar surface area (TPSA) is 89.5 Å². The summed E-state index contributed by atoms with van der Waals surface area (Å²) in [6.07, 6.45) is 0.280. The van der Waals surface area contributed by atoms with Crippen molar-refractivity contribution in [3.63, 3.8) is 0 Å². The van der Waals surface area contributed by atoms with Gasteiger partial charge in [-0.25, -0.2) is 8.42 Å². The van der Waals surface area contributed by atoms with Gasteiger partial charge in [-0.1, -0.05) is 11.6 Å². The predicted octanol–water partition coefficient (Wildman–Crippen LogP) is 4.01. The van der Waals surface area contributed by atoms with Crippen LogP contribution in [0.2, 0.25) is 5.02 Å². The summed E-state index contributed by atoms with van der Waals surface area (Å²) in [5.74, 6) is -0.296. The predicted molar refractivity (Wildman–Crippen MR) is 112 cm³/mol. The second-order valence-electron chi connectivity index (χ2n) is 6.00. The number of sulfonamides is 1. The van der Waals surface area contributed by atoms with Crippen LogP contribution in [-0.2, 0) is 19.6 Å². The number of rotatable bonds is 9. The van der Waals surface area contributed by atoms with Gasteiger partial charge in [0.2, 0.25) is 15.8 Å². The summed E-state index contributed by atoms with van der Waals surface area (Å²) in [4.78, 5) is 25.3. The van der Waals surface area contributed by atoms with Crippen molar-refractivity contribution in [3.8, 4) is 0 Å². The lowest BCUT2D eigenvalue weighted by Crippen LogP contribution is -2.24. The molecule has 0 bridgehead atoms. The van der Waals surface area contributed by atoms with E-state index >= 15 is 0 Å². The van der Waals surface area contributed by atoms with Crippen molar-refractivity contribution in [2.75, 3.05) is 16.7 Å². The molecule has 0 aliphatic heterocycles. The quantitative estimate of drug-likeness (QED) is 0.359. The average molecular weight is 442 g/mol. The molecule has 1 N–H and O–H groups in total. The van der Waals surface area contributed by atoms with Crippen LogP contribution < -0.4 is 4.72 Å². The second-order valence-corrected chi connectivity index (χ2v) is 9.35. The molecule has 0 aromatic heterocycles. The summed E-state index contributed by atoms with van der Waals surface area (Å²) >= 11 is 7.32. The summed E-state index contributed by atoms with van der Waals surface area (Å²) in [5.41, 5.74) is 0.679. The number of benzene rings is 2. The van der Waals surface area contributed by atoms with Crippen LogP contribution >= 0.6 is 23.4 Å². The van der Waals surface area contributed by atoms with E-state index in [0.29, 0.717) is 22.0 Å². The lowest BCUT2D eigenvalue weighted by atomic mass is 10.1. The lowest BCUT2D eigenvalue weighted by Gasteiger charge is -2.13. The van der Waals surface area contributed by atoms with E-state index in [2.05, 4.69) is 4.72 Å². The van der Waals surface area contributed by atoms with Gasteiger partial charge in [-0.15, -0.1) is 11.8 Å². The molecule has 0 spiro atoms. The van der Waals surface area contributed by atoms with Gasteiger partial charge in [-0.3, -0.25) is 14.3 Å². The van der Waals surface area contributed by atoms with Crippen molar-refractivity contribution in [2.45, 2.75) is 24.3 Å². The number of Topliss-reactive ketones (excluding diaryl/α,β-unsaturated/α-hetero) is 1. The van der Waals surface area contributed by atoms with E-state index in [1.165, 1.54) is 43.0 Å². The standard InChI is InChI=1S/C19H20ClNO5S2/c1-13(19(23)14-3-7-16(8-4-14)21-28(2,24)25)26-18(22)11-12-27-17-9-5-15(20)6-10-17/h3-10,13,21H,11-12H2,1-2H3. The van der Waals surface area contributed by atoms with E-state index in [4.69, 9.17) is 16.3 Å². The fourth-order valence-corrected chi connectivity index (χ4v) is 3.77. The highest BCUT2D eigenvalue weighted by Crippen LogP contribution is 2.21. The van der Waals surface area contributed by atoms with Crippen LogP contribution in [0.15, 0.2) is 53.4 Å². The number of ketones is 1. The third kappa shape index (κ3) is 7.53. The Morgan fingerprint density at radius 1 is 1.11 bits per heavy atom. The number of ether oxygens (including phenoxy) is 1. The van der Waals surface area contributed by atoms with Crippen molar-refractivity contribution >= 4 is 50.8 Å². The van der Waals surface area contributed by atoms with E-state index < -0.39 is 22.1 Å². The highest BCUT2D eigenvalue weighted by molar-refractivity contribution is 7.99. The Kier molecular flexibility index (Phi) is 7.91. The van der Waals surface area contributed by atoms with Crippen molar-refractivity contribution in [1.82, 2.24) is 0 Å². The Balaban J connectivity index is 1.82. The van der Waals surface area contributed by atoms with Gasteiger partial charge >= 0.3 is 5.97 Å². The van der Waals surface area contributed by atoms with E-state index in [1.54, 1.807) is 12.1 Å². The second kappa shape index (κ2) is 9.95. The SMILES string of the molecule is CC(OC(=O)CCSc1ccc(Cl)cc1)C(=O)c1ccc(NS(C)(=O)=O)cc1. The fraction of sp³-hybridized carbons (Fsp3) is 0.263. The van der Waals surface area contributed by atoms with Crippen LogP contribution in [0, 0.1) is 0 Å². The van der Waals surface area contributed by atoms with E-state index in [0.717, 1.165) is 11.2 Å². The average Bonchev–Trinajstić information content (AvgIpc) is 2.62. The summed E-state index contributed by atoms with van der Waals surface area (Å²) in [6, 6.07) is 13.2. The number of hydrogen-bond donors (Lipinski definition) is 1. The maximum absolute atomic E-state index is 12.4. The molecule has 2 aromatic rings. The molecule has 2 aromatic carbocycles. The molecule has 0 amide bonds. The first-order valence-electron chi connectivity index (χ1n) is 8.34. The van der Waals surface area contributed by atoms with Gasteiger partial charge in [0.1, 0.15) is 0 Å². The number of hydrogen-bond acceptors (Lipinski definition) is 6. The molecule has 6 nitrogen and oxygen atoms in total. The monoisotopic (exact) mass is 441 g/mol. The van der Waals surface area contributed by atoms with E-state index in [-0.39, 0.29) is 12.2 Å². The molecule has 0 fully saturated rings. The highest BCUT2D eigenvalue weighted by Gasteiger charge is 2.19. The molecule has 1 atom stereocenters. The van der Waals surface area contributed by atoms with Crippen LogP contribution in [0.3, 0.4) is 0 Å². The lowest BCUT2D eigenvalue weighted by molar-refractivity contribution is -0.145. The Labute approximate surface area is 173 Å². The number of anilines is 1. The van der Waals surface area contributed by atoms with E-state index in [9.17, 15) is 18.0 Å². The van der Waals surface area contributed by atoms with E-state index in [1.807, 2.05) is 12.1 Å². The van der Waals surface area contributed by atoms with Crippen LogP contribution in [0.25, 0.3) is 0 Å². The van der Waals surface area contributed by atoms with Crippen LogP contribution in [-0.4, -0.2) is 38.3 Å². The van der Waals surface area contributed by atoms with Gasteiger partial charge in [-0.05, 0) is 55.5 Å². The molecule has 9 heteroatoms. The van der Waals surface area contributed by atoms with Gasteiger partial charge < -0.3 is 4.74 Å². The molecule has 150 valence electrons. The number of carbonyl (C=O) groups is 2. The maximum atomic E-state index is 12.4. The first-order valence-corrected chi connectivity index (χ1v) is 11.6. The number of halogens is 1. The Hall–Kier alpha value is -2.03. The molecular weight excluding hydrogens is 422 g/mol. The van der Waals surface area contributed by atoms with Crippen LogP contribution in [0.1, 0.15) is 23.7 Å². The Morgan fingerprint density at radius 2 is 1.71 bits per heavy atom. The van der Waals surface area contributed by atoms with Gasteiger partial charge in [0.05, 0.1) is 12.7 Å². The number of carbonyl (C=O) groups excluding carboxylic acids is 2. The Morgan fingerprint density at radius 3 is 2.29 bits per heavy atom. The molecule has 1 unspecified atom stereocenters. The first kappa shape index (κ1) is 22.3. The molecule has 0 heterocycles. The zero-order chi connectivity index (χ0) is 20.7. The number of thioether (sulfide) groups is 1. The smallest absolute Gasteiger partial charge is 0.307 e. The Bertz CT molecular complexity index is 928. The molecular formula is C19H20ClNO5S2. The minimum atomic E-state index is -3.39. The largest absolute Gasteiger partial charge is 0.454 e. The molecule has 2 rings (SSSR count). The number of nitrogens with one attached hydrogen (secondary N) is 1. The summed E-state index contributed by atoms with van der Waals surface area (Å²) in [5, 5.41) is 0.649. The third-order valence-corrected chi connectivity index (χ3v) is 5.41. The minimum absolute atomic E-state index is 0.169. The van der Waals surface area contributed by atoms with Crippen molar-refractivity contribution in [2.24, 2.45) is 0 Å². The van der Waals surface area contributed by atoms with Crippen molar-refractivity contribution < 1.29 is 22.7 Å². The maximum Gasteiger partial charge on any atom is 0.307 e. The van der Waals surface area contributed by atoms with Gasteiger partial charge in [-0.2, -0.15) is 0 Å². The summed E-state index contributed by atoms with van der Waals surface area (Å²) in [7, 11) is -3.39. The van der Waals surface area contributed by atoms with Crippen molar-refractivity contribution in [3.05, 3.63) is 59.1 Å². The van der Waals surface area contributed by atoms with Gasteiger partial charge in [0.25, 0.3) is 0 Å². The minimum Gasteiger partial charge on any atom is -0.454 e. The molecule has 0 radical (unpaired) electrons. The molecule has 0 saturated carbocycles. The number of esters is 1. The zero-order valence-electron chi connectivity index (χ0n) is 15.3. The molecule has 28 heavy (non-hydrogen) atoms. The molecule has 0 aliphatic carbocycles. The highest BCUT2D eigenvalue weighted by atomic mass is 35.5. The first-order chi connectivity index (χ1) is 13.1. The van der Waals surface area contributed by atoms with Gasteiger partial charge in [0, 0.05) is 26.9 Å². The summed E-state index contributed by atoms with van der Waals surface area (Å²) in [6.45, 7) is 1.51. The van der Waals surface area contributed by atoms with Crippen LogP contribution in [0.5, 0.6) is 0 Å². The third-order valence-electron chi connectivity index (χ3n) is 3.54. The fourth-order valence-electron chi connectivity index (χ4n) is 2.24. The molecule has 0 saturated heterocycles. The zero-order valence-corrected chi connectivity index (χ0v) is 17.7. The molecule has 0 aliphatic rings.